The molecule has 0 radical (unpaired) electrons. The SMILES string of the molecule is COCCC(C)NC(=O)c1sc(N2CCNCC2)nc1N. The van der Waals surface area contributed by atoms with Crippen LogP contribution in [0.25, 0.3) is 0 Å². The van der Waals surface area contributed by atoms with Crippen LogP contribution in [-0.2, 0) is 4.74 Å². The molecule has 2 heterocycles. The summed E-state index contributed by atoms with van der Waals surface area (Å²) in [5, 5.41) is 7.04. The maximum absolute atomic E-state index is 12.2. The van der Waals surface area contributed by atoms with Gasteiger partial charge in [0.1, 0.15) is 10.7 Å². The maximum atomic E-state index is 12.2. The Hall–Kier alpha value is -1.38. The van der Waals surface area contributed by atoms with Crippen LogP contribution in [0.5, 0.6) is 0 Å². The predicted octanol–water partition coefficient (Wildman–Crippen LogP) is 0.290. The first-order valence-electron chi connectivity index (χ1n) is 7.13. The molecular weight excluding hydrogens is 290 g/mol. The fourth-order valence-corrected chi connectivity index (χ4v) is 3.07. The lowest BCUT2D eigenvalue weighted by molar-refractivity contribution is 0.0934. The van der Waals surface area contributed by atoms with Crippen molar-refractivity contribution >= 4 is 28.2 Å². The van der Waals surface area contributed by atoms with Gasteiger partial charge in [-0.05, 0) is 13.3 Å². The van der Waals surface area contributed by atoms with E-state index in [1.165, 1.54) is 11.3 Å². The number of carbonyl (C=O) groups excluding carboxylic acids is 1. The van der Waals surface area contributed by atoms with Crippen molar-refractivity contribution in [2.45, 2.75) is 19.4 Å². The normalized spacial score (nSPS) is 16.8. The molecule has 4 N–H and O–H groups in total. The van der Waals surface area contributed by atoms with Crippen LogP contribution in [0.2, 0.25) is 0 Å². The topological polar surface area (TPSA) is 92.5 Å². The summed E-state index contributed by atoms with van der Waals surface area (Å²) in [6.07, 6.45) is 0.769. The molecular formula is C13H23N5O2S. The van der Waals surface area contributed by atoms with Crippen molar-refractivity contribution in [3.05, 3.63) is 4.88 Å². The Labute approximate surface area is 128 Å². The molecule has 0 bridgehead atoms. The Morgan fingerprint density at radius 1 is 1.57 bits per heavy atom. The van der Waals surface area contributed by atoms with Gasteiger partial charge < -0.3 is 26.0 Å². The van der Waals surface area contributed by atoms with E-state index in [9.17, 15) is 4.79 Å². The summed E-state index contributed by atoms with van der Waals surface area (Å²) < 4.78 is 5.01. The van der Waals surface area contributed by atoms with Gasteiger partial charge in [0.05, 0.1) is 0 Å². The van der Waals surface area contributed by atoms with E-state index in [1.54, 1.807) is 7.11 Å². The molecule has 1 aliphatic heterocycles. The number of nitrogens with one attached hydrogen (secondary N) is 2. The molecule has 1 aliphatic rings. The van der Waals surface area contributed by atoms with Gasteiger partial charge in [-0.25, -0.2) is 4.98 Å². The Morgan fingerprint density at radius 2 is 2.29 bits per heavy atom. The minimum Gasteiger partial charge on any atom is -0.385 e. The maximum Gasteiger partial charge on any atom is 0.265 e. The van der Waals surface area contributed by atoms with Crippen LogP contribution in [0.1, 0.15) is 23.0 Å². The van der Waals surface area contributed by atoms with E-state index in [4.69, 9.17) is 10.5 Å². The van der Waals surface area contributed by atoms with Gasteiger partial charge in [0.25, 0.3) is 5.91 Å². The quantitative estimate of drug-likeness (QED) is 0.699. The van der Waals surface area contributed by atoms with Crippen LogP contribution in [0.15, 0.2) is 0 Å². The zero-order valence-corrected chi connectivity index (χ0v) is 13.3. The second kappa shape index (κ2) is 7.58. The van der Waals surface area contributed by atoms with Crippen molar-refractivity contribution in [3.63, 3.8) is 0 Å². The second-order valence-electron chi connectivity index (χ2n) is 5.10. The van der Waals surface area contributed by atoms with Crippen LogP contribution >= 0.6 is 11.3 Å². The summed E-state index contributed by atoms with van der Waals surface area (Å²) in [6, 6.07) is 0.0431. The van der Waals surface area contributed by atoms with E-state index in [-0.39, 0.29) is 11.9 Å². The summed E-state index contributed by atoms with van der Waals surface area (Å²) in [7, 11) is 1.65. The number of carbonyl (C=O) groups is 1. The molecule has 7 nitrogen and oxygen atoms in total. The number of anilines is 2. The van der Waals surface area contributed by atoms with Gasteiger partial charge in [0.15, 0.2) is 5.13 Å². The van der Waals surface area contributed by atoms with E-state index >= 15 is 0 Å². The third kappa shape index (κ3) is 4.29. The van der Waals surface area contributed by atoms with Gasteiger partial charge in [-0.1, -0.05) is 11.3 Å². The van der Waals surface area contributed by atoms with Crippen LogP contribution in [0, 0.1) is 0 Å². The van der Waals surface area contributed by atoms with Crippen LogP contribution in [0.3, 0.4) is 0 Å². The molecule has 0 aromatic carbocycles. The molecule has 0 saturated carbocycles. The van der Waals surface area contributed by atoms with Gasteiger partial charge >= 0.3 is 0 Å². The highest BCUT2D eigenvalue weighted by molar-refractivity contribution is 7.18. The van der Waals surface area contributed by atoms with Crippen LogP contribution < -0.4 is 21.3 Å². The molecule has 0 aliphatic carbocycles. The van der Waals surface area contributed by atoms with E-state index in [0.29, 0.717) is 17.3 Å². The lowest BCUT2D eigenvalue weighted by atomic mass is 10.2. The number of nitrogens with zero attached hydrogens (tertiary/aromatic N) is 2. The van der Waals surface area contributed by atoms with Crippen LogP contribution in [0.4, 0.5) is 10.9 Å². The molecule has 21 heavy (non-hydrogen) atoms. The first-order valence-corrected chi connectivity index (χ1v) is 7.95. The monoisotopic (exact) mass is 313 g/mol. The molecule has 118 valence electrons. The largest absolute Gasteiger partial charge is 0.385 e. The van der Waals surface area contributed by atoms with Gasteiger partial charge in [0.2, 0.25) is 0 Å². The Kier molecular flexibility index (Phi) is 5.77. The molecule has 1 aromatic heterocycles. The number of aromatic nitrogens is 1. The number of nitrogen functional groups attached to an aromatic ring is 1. The molecule has 1 amide bonds. The number of ether oxygens (including phenoxy) is 1. The minimum atomic E-state index is -0.157. The number of hydrogen-bond acceptors (Lipinski definition) is 7. The predicted molar refractivity (Wildman–Crippen MR) is 85.0 cm³/mol. The smallest absolute Gasteiger partial charge is 0.265 e. The molecule has 8 heteroatoms. The number of nitrogens with two attached hydrogens (primary N) is 1. The Morgan fingerprint density at radius 3 is 2.95 bits per heavy atom. The molecule has 1 aromatic rings. The average Bonchev–Trinajstić information content (AvgIpc) is 2.88. The van der Waals surface area contributed by atoms with Gasteiger partial charge in [-0.15, -0.1) is 0 Å². The Bertz CT molecular complexity index is 473. The number of thiazole rings is 1. The van der Waals surface area contributed by atoms with Crippen molar-refractivity contribution in [3.8, 4) is 0 Å². The van der Waals surface area contributed by atoms with Crippen molar-refractivity contribution in [2.24, 2.45) is 0 Å². The van der Waals surface area contributed by atoms with Crippen molar-refractivity contribution in [1.82, 2.24) is 15.6 Å². The zero-order chi connectivity index (χ0) is 15.2. The van der Waals surface area contributed by atoms with E-state index < -0.39 is 0 Å². The molecule has 1 saturated heterocycles. The lowest BCUT2D eigenvalue weighted by Crippen LogP contribution is -2.43. The summed E-state index contributed by atoms with van der Waals surface area (Å²) in [5.41, 5.74) is 5.90. The number of methoxy groups -OCH3 is 1. The average molecular weight is 313 g/mol. The van der Waals surface area contributed by atoms with Crippen molar-refractivity contribution in [2.75, 3.05) is 50.5 Å². The molecule has 2 rings (SSSR count). The van der Waals surface area contributed by atoms with Crippen molar-refractivity contribution in [1.29, 1.82) is 0 Å². The third-order valence-corrected chi connectivity index (χ3v) is 4.50. The molecule has 1 unspecified atom stereocenters. The highest BCUT2D eigenvalue weighted by Crippen LogP contribution is 2.28. The van der Waals surface area contributed by atoms with Gasteiger partial charge in [0, 0.05) is 45.9 Å². The standard InChI is InChI=1S/C13H23N5O2S/c1-9(3-8-20-2)16-12(19)10-11(14)17-13(21-10)18-6-4-15-5-7-18/h9,15H,3-8,14H2,1-2H3,(H,16,19). The molecule has 0 spiro atoms. The number of hydrogen-bond donors (Lipinski definition) is 3. The summed E-state index contributed by atoms with van der Waals surface area (Å²) in [5.74, 6) is 0.153. The lowest BCUT2D eigenvalue weighted by Gasteiger charge is -2.26. The van der Waals surface area contributed by atoms with Gasteiger partial charge in [-0.2, -0.15) is 0 Å². The summed E-state index contributed by atoms with van der Waals surface area (Å²) >= 11 is 1.36. The number of amides is 1. The fourth-order valence-electron chi connectivity index (χ4n) is 2.13. The molecule has 1 fully saturated rings. The van der Waals surface area contributed by atoms with E-state index in [0.717, 1.165) is 37.7 Å². The fraction of sp³-hybridized carbons (Fsp3) is 0.692. The first-order chi connectivity index (χ1) is 10.1. The highest BCUT2D eigenvalue weighted by Gasteiger charge is 2.21. The summed E-state index contributed by atoms with van der Waals surface area (Å²) in [4.78, 5) is 19.2. The van der Waals surface area contributed by atoms with Crippen LogP contribution in [-0.4, -0.2) is 56.8 Å². The second-order valence-corrected chi connectivity index (χ2v) is 6.08. The highest BCUT2D eigenvalue weighted by atomic mass is 32.1. The van der Waals surface area contributed by atoms with E-state index in [1.807, 2.05) is 6.92 Å². The van der Waals surface area contributed by atoms with Gasteiger partial charge in [-0.3, -0.25) is 4.79 Å². The minimum absolute atomic E-state index is 0.0431. The number of piperazine rings is 1. The van der Waals surface area contributed by atoms with E-state index in [2.05, 4.69) is 20.5 Å². The zero-order valence-electron chi connectivity index (χ0n) is 12.5. The summed E-state index contributed by atoms with van der Waals surface area (Å²) in [6.45, 7) is 6.19. The first kappa shape index (κ1) is 16.0. The van der Waals surface area contributed by atoms with Crippen molar-refractivity contribution < 1.29 is 9.53 Å². The Balaban J connectivity index is 1.99. The number of rotatable bonds is 6. The molecule has 1 atom stereocenters. The third-order valence-electron chi connectivity index (χ3n) is 3.37.